The average molecular weight is 262 g/mol. The SMILES string of the molecule is CNCC(C)(O)c1ccc2c(c1)C(C)(C)C(=O)N2C. The van der Waals surface area contributed by atoms with Gasteiger partial charge < -0.3 is 15.3 Å². The number of carbonyl (C=O) groups is 1. The molecule has 0 saturated carbocycles. The maximum absolute atomic E-state index is 12.2. The Balaban J connectivity index is 2.52. The number of aliphatic hydroxyl groups is 1. The van der Waals surface area contributed by atoms with E-state index in [9.17, 15) is 9.90 Å². The number of anilines is 1. The van der Waals surface area contributed by atoms with E-state index in [0.717, 1.165) is 16.8 Å². The fourth-order valence-electron chi connectivity index (χ4n) is 2.75. The maximum Gasteiger partial charge on any atom is 0.236 e. The van der Waals surface area contributed by atoms with Gasteiger partial charge >= 0.3 is 0 Å². The Morgan fingerprint density at radius 3 is 2.63 bits per heavy atom. The Labute approximate surface area is 114 Å². The molecule has 1 atom stereocenters. The minimum absolute atomic E-state index is 0.0907. The fourth-order valence-corrected chi connectivity index (χ4v) is 2.75. The van der Waals surface area contributed by atoms with Crippen LogP contribution in [0.2, 0.25) is 0 Å². The molecule has 1 unspecified atom stereocenters. The van der Waals surface area contributed by atoms with Crippen LogP contribution in [-0.2, 0) is 15.8 Å². The number of benzene rings is 1. The number of amides is 1. The molecule has 2 N–H and O–H groups in total. The second kappa shape index (κ2) is 4.32. The summed E-state index contributed by atoms with van der Waals surface area (Å²) in [5.41, 5.74) is 1.27. The predicted molar refractivity (Wildman–Crippen MR) is 76.4 cm³/mol. The summed E-state index contributed by atoms with van der Waals surface area (Å²) in [7, 11) is 3.60. The first-order valence-corrected chi connectivity index (χ1v) is 6.52. The zero-order valence-electron chi connectivity index (χ0n) is 12.2. The fraction of sp³-hybridized carbons (Fsp3) is 0.533. The number of hydrogen-bond acceptors (Lipinski definition) is 3. The van der Waals surface area contributed by atoms with E-state index in [4.69, 9.17) is 0 Å². The van der Waals surface area contributed by atoms with E-state index < -0.39 is 11.0 Å². The first-order valence-electron chi connectivity index (χ1n) is 6.52. The Bertz CT molecular complexity index is 521. The van der Waals surface area contributed by atoms with E-state index in [0.29, 0.717) is 6.54 Å². The summed E-state index contributed by atoms with van der Waals surface area (Å²) < 4.78 is 0. The largest absolute Gasteiger partial charge is 0.384 e. The molecule has 0 spiro atoms. The Morgan fingerprint density at radius 1 is 1.42 bits per heavy atom. The third kappa shape index (κ3) is 2.05. The summed E-state index contributed by atoms with van der Waals surface area (Å²) in [4.78, 5) is 13.9. The van der Waals surface area contributed by atoms with Gasteiger partial charge in [0.25, 0.3) is 0 Å². The molecule has 104 valence electrons. The van der Waals surface area contributed by atoms with Crippen LogP contribution in [0.25, 0.3) is 0 Å². The van der Waals surface area contributed by atoms with Crippen molar-refractivity contribution in [2.75, 3.05) is 25.5 Å². The number of rotatable bonds is 3. The molecule has 2 rings (SSSR count). The number of likely N-dealkylation sites (N-methyl/N-ethyl adjacent to an activating group) is 2. The molecule has 4 heteroatoms. The molecular weight excluding hydrogens is 240 g/mol. The first kappa shape index (κ1) is 14.0. The van der Waals surface area contributed by atoms with E-state index in [1.54, 1.807) is 18.9 Å². The lowest BCUT2D eigenvalue weighted by Gasteiger charge is -2.25. The lowest BCUT2D eigenvalue weighted by Crippen LogP contribution is -2.34. The van der Waals surface area contributed by atoms with Crippen molar-refractivity contribution < 1.29 is 9.90 Å². The summed E-state index contributed by atoms with van der Waals surface area (Å²) >= 11 is 0. The topological polar surface area (TPSA) is 52.6 Å². The van der Waals surface area contributed by atoms with Crippen LogP contribution in [0.15, 0.2) is 18.2 Å². The van der Waals surface area contributed by atoms with Crippen molar-refractivity contribution in [3.63, 3.8) is 0 Å². The molecule has 1 aliphatic heterocycles. The van der Waals surface area contributed by atoms with Crippen molar-refractivity contribution >= 4 is 11.6 Å². The minimum Gasteiger partial charge on any atom is -0.384 e. The molecule has 0 fully saturated rings. The maximum atomic E-state index is 12.2. The van der Waals surface area contributed by atoms with Crippen LogP contribution >= 0.6 is 0 Å². The molecule has 4 nitrogen and oxygen atoms in total. The van der Waals surface area contributed by atoms with Crippen LogP contribution in [-0.4, -0.2) is 31.7 Å². The highest BCUT2D eigenvalue weighted by Gasteiger charge is 2.42. The van der Waals surface area contributed by atoms with E-state index in [-0.39, 0.29) is 5.91 Å². The molecule has 0 aliphatic carbocycles. The van der Waals surface area contributed by atoms with Gasteiger partial charge in [-0.15, -0.1) is 0 Å². The van der Waals surface area contributed by atoms with Gasteiger partial charge in [-0.05, 0) is 51.1 Å². The second-order valence-electron chi connectivity index (χ2n) is 6.03. The van der Waals surface area contributed by atoms with Gasteiger partial charge in [0.05, 0.1) is 11.0 Å². The van der Waals surface area contributed by atoms with Crippen LogP contribution in [0, 0.1) is 0 Å². The standard InChI is InChI=1S/C15H22N2O2/c1-14(2)11-8-10(15(3,19)9-16-4)6-7-12(11)17(5)13(14)18/h6-8,16,19H,9H2,1-5H3. The van der Waals surface area contributed by atoms with Crippen LogP contribution in [0.1, 0.15) is 31.9 Å². The summed E-state index contributed by atoms with van der Waals surface area (Å²) in [5, 5.41) is 13.4. The van der Waals surface area contributed by atoms with Gasteiger partial charge in [0, 0.05) is 19.3 Å². The molecule has 0 saturated heterocycles. The van der Waals surface area contributed by atoms with Gasteiger partial charge in [-0.2, -0.15) is 0 Å². The highest BCUT2D eigenvalue weighted by Crippen LogP contribution is 2.42. The van der Waals surface area contributed by atoms with Crippen LogP contribution in [0.4, 0.5) is 5.69 Å². The molecule has 1 aromatic carbocycles. The van der Waals surface area contributed by atoms with Crippen molar-refractivity contribution in [2.24, 2.45) is 0 Å². The summed E-state index contributed by atoms with van der Waals surface area (Å²) in [6.45, 7) is 6.09. The smallest absolute Gasteiger partial charge is 0.236 e. The minimum atomic E-state index is -0.940. The molecule has 0 bridgehead atoms. The monoisotopic (exact) mass is 262 g/mol. The van der Waals surface area contributed by atoms with Gasteiger partial charge in [-0.25, -0.2) is 0 Å². The summed E-state index contributed by atoms with van der Waals surface area (Å²) in [5.74, 6) is 0.0907. The summed E-state index contributed by atoms with van der Waals surface area (Å²) in [6.07, 6.45) is 0. The molecule has 1 amide bonds. The number of hydrogen-bond donors (Lipinski definition) is 2. The third-order valence-corrected chi connectivity index (χ3v) is 4.01. The van der Waals surface area contributed by atoms with Crippen molar-refractivity contribution in [1.82, 2.24) is 5.32 Å². The molecule has 0 radical (unpaired) electrons. The van der Waals surface area contributed by atoms with Crippen molar-refractivity contribution in [1.29, 1.82) is 0 Å². The Hall–Kier alpha value is -1.39. The molecular formula is C15H22N2O2. The number of nitrogens with one attached hydrogen (secondary N) is 1. The van der Waals surface area contributed by atoms with E-state index in [1.165, 1.54) is 0 Å². The Morgan fingerprint density at radius 2 is 2.05 bits per heavy atom. The number of nitrogens with zero attached hydrogens (tertiary/aromatic N) is 1. The molecule has 19 heavy (non-hydrogen) atoms. The zero-order chi connectivity index (χ0) is 14.4. The number of carbonyl (C=O) groups excluding carboxylic acids is 1. The quantitative estimate of drug-likeness (QED) is 0.865. The predicted octanol–water partition coefficient (Wildman–Crippen LogP) is 1.37. The Kier molecular flexibility index (Phi) is 3.19. The lowest BCUT2D eigenvalue weighted by molar-refractivity contribution is -0.121. The highest BCUT2D eigenvalue weighted by atomic mass is 16.3. The highest BCUT2D eigenvalue weighted by molar-refractivity contribution is 6.07. The molecule has 1 aliphatic rings. The second-order valence-corrected chi connectivity index (χ2v) is 6.03. The van der Waals surface area contributed by atoms with Gasteiger partial charge in [-0.1, -0.05) is 6.07 Å². The zero-order valence-corrected chi connectivity index (χ0v) is 12.2. The van der Waals surface area contributed by atoms with Gasteiger partial charge in [0.15, 0.2) is 0 Å². The normalized spacial score (nSPS) is 20.3. The number of fused-ring (bicyclic) bond motifs is 1. The first-order chi connectivity index (χ1) is 8.71. The van der Waals surface area contributed by atoms with Crippen LogP contribution in [0.3, 0.4) is 0 Å². The third-order valence-electron chi connectivity index (χ3n) is 4.01. The summed E-state index contributed by atoms with van der Waals surface area (Å²) in [6, 6.07) is 5.76. The molecule has 0 aromatic heterocycles. The van der Waals surface area contributed by atoms with Gasteiger partial charge in [-0.3, -0.25) is 4.79 Å². The van der Waals surface area contributed by atoms with Crippen molar-refractivity contribution in [3.05, 3.63) is 29.3 Å². The van der Waals surface area contributed by atoms with E-state index in [1.807, 2.05) is 39.1 Å². The van der Waals surface area contributed by atoms with Crippen LogP contribution < -0.4 is 10.2 Å². The molecule has 1 heterocycles. The van der Waals surface area contributed by atoms with E-state index >= 15 is 0 Å². The van der Waals surface area contributed by atoms with E-state index in [2.05, 4.69) is 5.32 Å². The molecule has 1 aromatic rings. The van der Waals surface area contributed by atoms with Gasteiger partial charge in [0.2, 0.25) is 5.91 Å². The lowest BCUT2D eigenvalue weighted by atomic mass is 9.83. The van der Waals surface area contributed by atoms with Crippen molar-refractivity contribution in [2.45, 2.75) is 31.8 Å². The van der Waals surface area contributed by atoms with Gasteiger partial charge in [0.1, 0.15) is 0 Å². The van der Waals surface area contributed by atoms with Crippen LogP contribution in [0.5, 0.6) is 0 Å². The average Bonchev–Trinajstić information content (AvgIpc) is 2.51. The van der Waals surface area contributed by atoms with Crippen molar-refractivity contribution in [3.8, 4) is 0 Å².